The summed E-state index contributed by atoms with van der Waals surface area (Å²) in [5.74, 6) is 1.28. The van der Waals surface area contributed by atoms with Crippen LogP contribution in [0.25, 0.3) is 0 Å². The molecule has 0 spiro atoms. The van der Waals surface area contributed by atoms with Crippen molar-refractivity contribution in [2.75, 3.05) is 20.2 Å². The van der Waals surface area contributed by atoms with Crippen LogP contribution in [0.5, 0.6) is 5.75 Å². The van der Waals surface area contributed by atoms with E-state index in [2.05, 4.69) is 5.32 Å². The third-order valence-electron chi connectivity index (χ3n) is 3.25. The van der Waals surface area contributed by atoms with E-state index >= 15 is 0 Å². The van der Waals surface area contributed by atoms with Crippen molar-refractivity contribution < 1.29 is 9.53 Å². The van der Waals surface area contributed by atoms with E-state index in [0.29, 0.717) is 5.92 Å². The summed E-state index contributed by atoms with van der Waals surface area (Å²) in [6, 6.07) is 7.79. The zero-order valence-corrected chi connectivity index (χ0v) is 9.48. The van der Waals surface area contributed by atoms with Crippen molar-refractivity contribution in [1.82, 2.24) is 5.32 Å². The molecule has 16 heavy (non-hydrogen) atoms. The molecule has 1 aromatic rings. The average Bonchev–Trinajstić information content (AvgIpc) is 2.85. The molecule has 0 saturated carbocycles. The number of methoxy groups -OCH3 is 1. The number of hydrogen-bond acceptors (Lipinski definition) is 3. The van der Waals surface area contributed by atoms with Crippen LogP contribution < -0.4 is 10.1 Å². The molecule has 2 atom stereocenters. The van der Waals surface area contributed by atoms with Gasteiger partial charge in [0.2, 0.25) is 0 Å². The molecule has 1 fully saturated rings. The van der Waals surface area contributed by atoms with Crippen molar-refractivity contribution in [1.29, 1.82) is 0 Å². The van der Waals surface area contributed by atoms with Crippen LogP contribution in [0.1, 0.15) is 17.9 Å². The highest BCUT2D eigenvalue weighted by atomic mass is 16.5. The van der Waals surface area contributed by atoms with Gasteiger partial charge < -0.3 is 14.8 Å². The minimum absolute atomic E-state index is 0.0147. The highest BCUT2D eigenvalue weighted by molar-refractivity contribution is 5.63. The minimum atomic E-state index is 0.0147. The predicted octanol–water partition coefficient (Wildman–Crippen LogP) is 1.59. The number of aldehydes is 1. The molecule has 0 aliphatic carbocycles. The van der Waals surface area contributed by atoms with Crippen molar-refractivity contribution in [2.45, 2.75) is 12.3 Å². The normalized spacial score (nSPS) is 21.7. The maximum absolute atomic E-state index is 11.2. The zero-order chi connectivity index (χ0) is 11.4. The summed E-state index contributed by atoms with van der Waals surface area (Å²) < 4.78 is 5.11. The van der Waals surface area contributed by atoms with Gasteiger partial charge in [0.1, 0.15) is 12.0 Å². The number of nitrogens with one attached hydrogen (secondary N) is 1. The molecule has 3 nitrogen and oxygen atoms in total. The molecule has 0 radical (unpaired) electrons. The zero-order valence-electron chi connectivity index (χ0n) is 9.48. The Morgan fingerprint density at radius 3 is 2.69 bits per heavy atom. The van der Waals surface area contributed by atoms with Gasteiger partial charge in [-0.15, -0.1) is 0 Å². The minimum Gasteiger partial charge on any atom is -0.497 e. The van der Waals surface area contributed by atoms with Crippen LogP contribution in [0.2, 0.25) is 0 Å². The van der Waals surface area contributed by atoms with Gasteiger partial charge in [-0.05, 0) is 43.1 Å². The molecule has 2 rings (SSSR count). The molecule has 1 aliphatic rings. The number of carbonyl (C=O) groups excluding carboxylic acids is 1. The molecule has 1 N–H and O–H groups in total. The molecule has 3 heteroatoms. The summed E-state index contributed by atoms with van der Waals surface area (Å²) in [6.45, 7) is 1.96. The summed E-state index contributed by atoms with van der Waals surface area (Å²) >= 11 is 0. The SMILES string of the molecule is COc1ccc(C(C=O)C2CCNC2)cc1. The van der Waals surface area contributed by atoms with Crippen molar-refractivity contribution in [3.63, 3.8) is 0 Å². The van der Waals surface area contributed by atoms with Crippen LogP contribution >= 0.6 is 0 Å². The Morgan fingerprint density at radius 1 is 1.44 bits per heavy atom. The second-order valence-corrected chi connectivity index (χ2v) is 4.19. The van der Waals surface area contributed by atoms with Gasteiger partial charge in [-0.25, -0.2) is 0 Å². The summed E-state index contributed by atoms with van der Waals surface area (Å²) in [6.07, 6.45) is 2.15. The second kappa shape index (κ2) is 5.12. The molecule has 0 aromatic heterocycles. The molecule has 0 amide bonds. The Hall–Kier alpha value is -1.35. The first kappa shape index (κ1) is 11.1. The quantitative estimate of drug-likeness (QED) is 0.781. The molecule has 1 aliphatic heterocycles. The maximum atomic E-state index is 11.2. The molecule has 2 unspecified atom stereocenters. The first-order chi connectivity index (χ1) is 7.85. The van der Waals surface area contributed by atoms with Crippen LogP contribution in [0.15, 0.2) is 24.3 Å². The van der Waals surface area contributed by atoms with E-state index in [1.165, 1.54) is 0 Å². The van der Waals surface area contributed by atoms with Crippen molar-refractivity contribution >= 4 is 6.29 Å². The summed E-state index contributed by atoms with van der Waals surface area (Å²) in [5.41, 5.74) is 1.09. The van der Waals surface area contributed by atoms with E-state index in [9.17, 15) is 4.79 Å². The van der Waals surface area contributed by atoms with Crippen molar-refractivity contribution in [3.8, 4) is 5.75 Å². The van der Waals surface area contributed by atoms with Gasteiger partial charge in [0, 0.05) is 5.92 Å². The number of carbonyl (C=O) groups is 1. The van der Waals surface area contributed by atoms with Gasteiger partial charge in [0.05, 0.1) is 7.11 Å². The van der Waals surface area contributed by atoms with E-state index in [-0.39, 0.29) is 5.92 Å². The largest absolute Gasteiger partial charge is 0.497 e. The monoisotopic (exact) mass is 219 g/mol. The molecule has 0 bridgehead atoms. The van der Waals surface area contributed by atoms with Crippen LogP contribution in [-0.2, 0) is 4.79 Å². The number of ether oxygens (including phenoxy) is 1. The van der Waals surface area contributed by atoms with E-state index < -0.39 is 0 Å². The van der Waals surface area contributed by atoms with Gasteiger partial charge in [-0.2, -0.15) is 0 Å². The van der Waals surface area contributed by atoms with Gasteiger partial charge >= 0.3 is 0 Å². The summed E-state index contributed by atoms with van der Waals surface area (Å²) in [7, 11) is 1.65. The lowest BCUT2D eigenvalue weighted by atomic mass is 9.86. The Kier molecular flexibility index (Phi) is 3.57. The van der Waals surface area contributed by atoms with E-state index in [0.717, 1.165) is 37.1 Å². The fourth-order valence-electron chi connectivity index (χ4n) is 2.27. The maximum Gasteiger partial charge on any atom is 0.127 e. The van der Waals surface area contributed by atoms with Crippen LogP contribution in [0.4, 0.5) is 0 Å². The van der Waals surface area contributed by atoms with Crippen molar-refractivity contribution in [3.05, 3.63) is 29.8 Å². The fraction of sp³-hybridized carbons (Fsp3) is 0.462. The third kappa shape index (κ3) is 2.25. The number of hydrogen-bond donors (Lipinski definition) is 1. The Bertz CT molecular complexity index is 341. The van der Waals surface area contributed by atoms with Crippen LogP contribution in [0.3, 0.4) is 0 Å². The predicted molar refractivity (Wildman–Crippen MR) is 62.8 cm³/mol. The summed E-state index contributed by atoms with van der Waals surface area (Å²) in [5, 5.41) is 3.30. The molecule has 1 saturated heterocycles. The standard InChI is InChI=1S/C13H17NO2/c1-16-12-4-2-10(3-5-12)13(9-15)11-6-7-14-8-11/h2-5,9,11,13-14H,6-8H2,1H3. The Labute approximate surface area is 95.8 Å². The van der Waals surface area contributed by atoms with Gasteiger partial charge in [-0.3, -0.25) is 0 Å². The number of benzene rings is 1. The van der Waals surface area contributed by atoms with Crippen LogP contribution in [-0.4, -0.2) is 26.5 Å². The van der Waals surface area contributed by atoms with E-state index in [4.69, 9.17) is 4.74 Å². The number of rotatable bonds is 4. The molecule has 1 aromatic carbocycles. The lowest BCUT2D eigenvalue weighted by Gasteiger charge is -2.17. The lowest BCUT2D eigenvalue weighted by molar-refractivity contribution is -0.110. The first-order valence-corrected chi connectivity index (χ1v) is 5.65. The molecular formula is C13H17NO2. The molecule has 86 valence electrons. The lowest BCUT2D eigenvalue weighted by Crippen LogP contribution is -2.17. The fourth-order valence-corrected chi connectivity index (χ4v) is 2.27. The topological polar surface area (TPSA) is 38.3 Å². The molecule has 1 heterocycles. The second-order valence-electron chi connectivity index (χ2n) is 4.19. The first-order valence-electron chi connectivity index (χ1n) is 5.65. The Balaban J connectivity index is 2.15. The van der Waals surface area contributed by atoms with Gasteiger partial charge in [-0.1, -0.05) is 12.1 Å². The van der Waals surface area contributed by atoms with Crippen molar-refractivity contribution in [2.24, 2.45) is 5.92 Å². The third-order valence-corrected chi connectivity index (χ3v) is 3.25. The van der Waals surface area contributed by atoms with Gasteiger partial charge in [0.25, 0.3) is 0 Å². The Morgan fingerprint density at radius 2 is 2.19 bits per heavy atom. The highest BCUT2D eigenvalue weighted by Gasteiger charge is 2.25. The smallest absolute Gasteiger partial charge is 0.127 e. The summed E-state index contributed by atoms with van der Waals surface area (Å²) in [4.78, 5) is 11.2. The highest BCUT2D eigenvalue weighted by Crippen LogP contribution is 2.28. The molecular weight excluding hydrogens is 202 g/mol. The van der Waals surface area contributed by atoms with Gasteiger partial charge in [0.15, 0.2) is 0 Å². The van der Waals surface area contributed by atoms with Crippen LogP contribution in [0, 0.1) is 5.92 Å². The average molecular weight is 219 g/mol. The van der Waals surface area contributed by atoms with E-state index in [1.807, 2.05) is 24.3 Å². The van der Waals surface area contributed by atoms with E-state index in [1.54, 1.807) is 7.11 Å².